The van der Waals surface area contributed by atoms with Gasteiger partial charge in [-0.05, 0) is 43.3 Å². The van der Waals surface area contributed by atoms with Gasteiger partial charge in [0, 0.05) is 32.7 Å². The van der Waals surface area contributed by atoms with Crippen LogP contribution in [-0.4, -0.2) is 54.9 Å². The van der Waals surface area contributed by atoms with Crippen molar-refractivity contribution in [3.05, 3.63) is 64.6 Å². The summed E-state index contributed by atoms with van der Waals surface area (Å²) in [4.78, 5) is 13.5. The molecule has 1 aliphatic heterocycles. The average Bonchev–Trinajstić information content (AvgIpc) is 3.05. The van der Waals surface area contributed by atoms with Crippen molar-refractivity contribution in [1.82, 2.24) is 13.8 Å². The molecule has 1 saturated heterocycles. The van der Waals surface area contributed by atoms with Crippen LogP contribution in [0.25, 0.3) is 11.1 Å². The van der Waals surface area contributed by atoms with Gasteiger partial charge in [-0.25, -0.2) is 22.0 Å². The molecule has 10 heteroatoms. The highest BCUT2D eigenvalue weighted by molar-refractivity contribution is 7.89. The van der Waals surface area contributed by atoms with Gasteiger partial charge in [0.1, 0.15) is 16.5 Å². The Kier molecular flexibility index (Phi) is 5.72. The topological polar surface area (TPSA) is 75.8 Å². The third-order valence-corrected chi connectivity index (χ3v) is 7.19. The molecule has 2 aromatic carbocycles. The summed E-state index contributed by atoms with van der Waals surface area (Å²) in [5.41, 5.74) is 1.29. The van der Waals surface area contributed by atoms with E-state index in [1.165, 1.54) is 4.31 Å². The normalized spacial score (nSPS) is 16.3. The maximum Gasteiger partial charge on any atom is 0.419 e. The van der Waals surface area contributed by atoms with E-state index in [2.05, 4.69) is 4.90 Å². The molecule has 0 aliphatic carbocycles. The van der Waals surface area contributed by atoms with Crippen LogP contribution in [0.3, 0.4) is 0 Å². The van der Waals surface area contributed by atoms with Crippen molar-refractivity contribution < 1.29 is 21.6 Å². The number of oxazole rings is 1. The van der Waals surface area contributed by atoms with Gasteiger partial charge in [-0.15, -0.1) is 0 Å². The highest BCUT2D eigenvalue weighted by Gasteiger charge is 2.30. The van der Waals surface area contributed by atoms with Gasteiger partial charge in [-0.3, -0.25) is 4.57 Å². The Labute approximate surface area is 172 Å². The number of hydrogen-bond donors (Lipinski definition) is 0. The molecule has 0 spiro atoms. The number of fused-ring (bicyclic) bond motifs is 1. The van der Waals surface area contributed by atoms with Crippen LogP contribution in [0.1, 0.15) is 6.42 Å². The minimum Gasteiger partial charge on any atom is -0.408 e. The van der Waals surface area contributed by atoms with E-state index in [1.807, 2.05) is 12.1 Å². The van der Waals surface area contributed by atoms with E-state index < -0.39 is 32.3 Å². The molecule has 0 saturated carbocycles. The van der Waals surface area contributed by atoms with Crippen molar-refractivity contribution >= 4 is 21.1 Å². The fourth-order valence-electron chi connectivity index (χ4n) is 3.69. The molecule has 4 rings (SSSR count). The third kappa shape index (κ3) is 4.03. The minimum absolute atomic E-state index is 0.187. The number of benzene rings is 2. The van der Waals surface area contributed by atoms with Gasteiger partial charge in [-0.2, -0.15) is 4.31 Å². The molecule has 0 bridgehead atoms. The van der Waals surface area contributed by atoms with Crippen LogP contribution < -0.4 is 5.76 Å². The highest BCUT2D eigenvalue weighted by Crippen LogP contribution is 2.22. The lowest BCUT2D eigenvalue weighted by Crippen LogP contribution is -2.49. The molecule has 0 atom stereocenters. The van der Waals surface area contributed by atoms with Gasteiger partial charge in [0.15, 0.2) is 5.58 Å². The van der Waals surface area contributed by atoms with Gasteiger partial charge in [0.2, 0.25) is 10.0 Å². The number of nitrogens with zero attached hydrogens (tertiary/aromatic N) is 3. The molecule has 7 nitrogen and oxygen atoms in total. The fraction of sp³-hybridized carbons (Fsp3) is 0.350. The molecule has 1 fully saturated rings. The zero-order chi connectivity index (χ0) is 21.3. The second-order valence-corrected chi connectivity index (χ2v) is 9.07. The zero-order valence-corrected chi connectivity index (χ0v) is 16.9. The molecule has 0 amide bonds. The molecule has 3 aromatic rings. The quantitative estimate of drug-likeness (QED) is 0.592. The van der Waals surface area contributed by atoms with Gasteiger partial charge in [0.05, 0.1) is 5.52 Å². The number of sulfonamides is 1. The van der Waals surface area contributed by atoms with E-state index >= 15 is 0 Å². The first kappa shape index (κ1) is 20.7. The first-order valence-electron chi connectivity index (χ1n) is 9.62. The zero-order valence-electron chi connectivity index (χ0n) is 16.1. The summed E-state index contributed by atoms with van der Waals surface area (Å²) in [5.74, 6) is -2.16. The molecule has 0 N–H and O–H groups in total. The Bertz CT molecular complexity index is 1210. The van der Waals surface area contributed by atoms with E-state index in [0.29, 0.717) is 44.2 Å². The number of aryl methyl sites for hydroxylation is 1. The van der Waals surface area contributed by atoms with E-state index in [-0.39, 0.29) is 13.1 Å². The number of halogens is 2. The second-order valence-electron chi connectivity index (χ2n) is 7.16. The van der Waals surface area contributed by atoms with E-state index in [9.17, 15) is 22.0 Å². The number of piperazine rings is 1. The Morgan fingerprint density at radius 3 is 2.47 bits per heavy atom. The summed E-state index contributed by atoms with van der Waals surface area (Å²) >= 11 is 0. The highest BCUT2D eigenvalue weighted by atomic mass is 32.2. The molecule has 160 valence electrons. The van der Waals surface area contributed by atoms with Crippen molar-refractivity contribution in [3.63, 3.8) is 0 Å². The van der Waals surface area contributed by atoms with E-state index in [1.54, 1.807) is 16.7 Å². The van der Waals surface area contributed by atoms with E-state index in [4.69, 9.17) is 4.42 Å². The fourth-order valence-corrected chi connectivity index (χ4v) is 5.18. The first-order valence-corrected chi connectivity index (χ1v) is 11.1. The van der Waals surface area contributed by atoms with Gasteiger partial charge < -0.3 is 9.32 Å². The Morgan fingerprint density at radius 1 is 0.967 bits per heavy atom. The standard InChI is InChI=1S/C20H21F2N3O4S/c21-15-6-7-16(22)19(14-15)30(27,28)24-12-10-23(11-13-24)8-3-9-25-17-4-1-2-5-18(17)29-20(25)26/h1-2,4-7,14H,3,8-13H2. The van der Waals surface area contributed by atoms with Gasteiger partial charge in [-0.1, -0.05) is 12.1 Å². The van der Waals surface area contributed by atoms with Gasteiger partial charge >= 0.3 is 5.76 Å². The van der Waals surface area contributed by atoms with Crippen molar-refractivity contribution in [1.29, 1.82) is 0 Å². The average molecular weight is 437 g/mol. The lowest BCUT2D eigenvalue weighted by atomic mass is 10.3. The lowest BCUT2D eigenvalue weighted by Gasteiger charge is -2.34. The Balaban J connectivity index is 1.34. The minimum atomic E-state index is -4.09. The second kappa shape index (κ2) is 8.29. The molecule has 1 aromatic heterocycles. The van der Waals surface area contributed by atoms with Crippen molar-refractivity contribution in [3.8, 4) is 0 Å². The maximum absolute atomic E-state index is 13.9. The smallest absolute Gasteiger partial charge is 0.408 e. The van der Waals surface area contributed by atoms with Crippen LogP contribution in [0, 0.1) is 11.6 Å². The van der Waals surface area contributed by atoms with Crippen LogP contribution >= 0.6 is 0 Å². The summed E-state index contributed by atoms with van der Waals surface area (Å²) in [6.07, 6.45) is 0.689. The van der Waals surface area contributed by atoms with E-state index in [0.717, 1.165) is 17.6 Å². The number of aromatic nitrogens is 1. The monoisotopic (exact) mass is 437 g/mol. The molecular weight excluding hydrogens is 416 g/mol. The summed E-state index contributed by atoms with van der Waals surface area (Å²) in [6.45, 7) is 2.48. The van der Waals surface area contributed by atoms with Crippen LogP contribution in [0.2, 0.25) is 0 Å². The predicted octanol–water partition coefficient (Wildman–Crippen LogP) is 2.27. The summed E-state index contributed by atoms with van der Waals surface area (Å²) in [7, 11) is -4.09. The molecular formula is C20H21F2N3O4S. The molecule has 0 unspecified atom stereocenters. The summed E-state index contributed by atoms with van der Waals surface area (Å²) < 4.78 is 60.6. The lowest BCUT2D eigenvalue weighted by molar-refractivity contribution is 0.184. The van der Waals surface area contributed by atoms with Crippen molar-refractivity contribution in [2.75, 3.05) is 32.7 Å². The van der Waals surface area contributed by atoms with Crippen LogP contribution in [0.15, 0.2) is 56.6 Å². The Morgan fingerprint density at radius 2 is 1.70 bits per heavy atom. The molecule has 0 radical (unpaired) electrons. The summed E-state index contributed by atoms with van der Waals surface area (Å²) in [6, 6.07) is 9.64. The largest absolute Gasteiger partial charge is 0.419 e. The number of rotatable bonds is 6. The first-order chi connectivity index (χ1) is 14.4. The number of hydrogen-bond acceptors (Lipinski definition) is 5. The summed E-state index contributed by atoms with van der Waals surface area (Å²) in [5, 5.41) is 0. The van der Waals surface area contributed by atoms with Crippen molar-refractivity contribution in [2.45, 2.75) is 17.9 Å². The maximum atomic E-state index is 13.9. The number of para-hydroxylation sites is 2. The third-order valence-electron chi connectivity index (χ3n) is 5.27. The Hall–Kier alpha value is -2.56. The van der Waals surface area contributed by atoms with Crippen LogP contribution in [0.5, 0.6) is 0 Å². The van der Waals surface area contributed by atoms with Gasteiger partial charge in [0.25, 0.3) is 0 Å². The van der Waals surface area contributed by atoms with Crippen LogP contribution in [0.4, 0.5) is 8.78 Å². The predicted molar refractivity (Wildman–Crippen MR) is 107 cm³/mol. The molecule has 1 aliphatic rings. The molecule has 30 heavy (non-hydrogen) atoms. The van der Waals surface area contributed by atoms with Crippen LogP contribution in [-0.2, 0) is 16.6 Å². The van der Waals surface area contributed by atoms with Crippen molar-refractivity contribution in [2.24, 2.45) is 0 Å². The SMILES string of the molecule is O=c1oc2ccccc2n1CCCN1CCN(S(=O)(=O)c2cc(F)ccc2F)CC1. The molecule has 2 heterocycles.